The molecular formula is C12H16N2O. The van der Waals surface area contributed by atoms with Crippen LogP contribution in [0.5, 0.6) is 0 Å². The highest BCUT2D eigenvalue weighted by atomic mass is 16.4. The number of aryl methyl sites for hydroxylation is 1. The zero-order chi connectivity index (χ0) is 10.8. The molecule has 0 unspecified atom stereocenters. The van der Waals surface area contributed by atoms with E-state index in [0.29, 0.717) is 12.1 Å². The summed E-state index contributed by atoms with van der Waals surface area (Å²) in [6.45, 7) is 6.26. The molecule has 80 valence electrons. The number of nitrogens with zero attached hydrogens (tertiary/aromatic N) is 1. The van der Waals surface area contributed by atoms with E-state index >= 15 is 0 Å². The monoisotopic (exact) mass is 204 g/mol. The van der Waals surface area contributed by atoms with Crippen molar-refractivity contribution in [2.24, 2.45) is 0 Å². The van der Waals surface area contributed by atoms with Crippen LogP contribution in [0.25, 0.3) is 11.1 Å². The van der Waals surface area contributed by atoms with Crippen molar-refractivity contribution in [1.82, 2.24) is 4.98 Å². The Bertz CT molecular complexity index is 460. The summed E-state index contributed by atoms with van der Waals surface area (Å²) in [4.78, 5) is 4.38. The number of hydrogen-bond acceptors (Lipinski definition) is 3. The molecule has 2 rings (SSSR count). The first-order chi connectivity index (χ1) is 7.19. The van der Waals surface area contributed by atoms with E-state index in [0.717, 1.165) is 17.5 Å². The smallest absolute Gasteiger partial charge is 0.295 e. The normalized spacial score (nSPS) is 11.2. The predicted octanol–water partition coefficient (Wildman–Crippen LogP) is 3.21. The Balaban J connectivity index is 2.37. The average Bonchev–Trinajstić information content (AvgIpc) is 2.57. The Kier molecular flexibility index (Phi) is 2.62. The van der Waals surface area contributed by atoms with E-state index in [1.165, 1.54) is 5.56 Å². The second-order valence-corrected chi connectivity index (χ2v) is 3.97. The number of benzene rings is 1. The van der Waals surface area contributed by atoms with Gasteiger partial charge < -0.3 is 9.73 Å². The molecule has 0 aliphatic carbocycles. The molecule has 0 atom stereocenters. The fourth-order valence-electron chi connectivity index (χ4n) is 1.50. The standard InChI is InChI=1S/C12H16N2O/c1-4-9-5-6-11-10(7-9)14-12(15-11)13-8(2)3/h5-8H,4H2,1-3H3,(H,13,14). The van der Waals surface area contributed by atoms with Crippen LogP contribution in [0.1, 0.15) is 26.3 Å². The van der Waals surface area contributed by atoms with Gasteiger partial charge in [0.1, 0.15) is 5.52 Å². The van der Waals surface area contributed by atoms with E-state index in [1.807, 2.05) is 6.07 Å². The zero-order valence-electron chi connectivity index (χ0n) is 9.37. The fourth-order valence-corrected chi connectivity index (χ4v) is 1.50. The molecule has 3 heteroatoms. The molecular weight excluding hydrogens is 188 g/mol. The number of hydrogen-bond donors (Lipinski definition) is 1. The second-order valence-electron chi connectivity index (χ2n) is 3.97. The molecule has 3 nitrogen and oxygen atoms in total. The van der Waals surface area contributed by atoms with Crippen molar-refractivity contribution in [3.63, 3.8) is 0 Å². The van der Waals surface area contributed by atoms with Gasteiger partial charge in [0.25, 0.3) is 6.01 Å². The van der Waals surface area contributed by atoms with Gasteiger partial charge in [0.05, 0.1) is 0 Å². The maximum Gasteiger partial charge on any atom is 0.295 e. The Hall–Kier alpha value is -1.51. The predicted molar refractivity (Wildman–Crippen MR) is 62.1 cm³/mol. The summed E-state index contributed by atoms with van der Waals surface area (Å²) in [7, 11) is 0. The number of aromatic nitrogens is 1. The molecule has 0 radical (unpaired) electrons. The van der Waals surface area contributed by atoms with Crippen LogP contribution in [0.3, 0.4) is 0 Å². The van der Waals surface area contributed by atoms with Crippen LogP contribution in [-0.4, -0.2) is 11.0 Å². The summed E-state index contributed by atoms with van der Waals surface area (Å²) in [5, 5.41) is 3.15. The Labute approximate surface area is 89.5 Å². The van der Waals surface area contributed by atoms with E-state index in [9.17, 15) is 0 Å². The molecule has 0 bridgehead atoms. The third-order valence-electron chi connectivity index (χ3n) is 2.27. The molecule has 0 saturated carbocycles. The van der Waals surface area contributed by atoms with Crippen LogP contribution in [0.15, 0.2) is 22.6 Å². The van der Waals surface area contributed by atoms with Gasteiger partial charge in [-0.15, -0.1) is 0 Å². The van der Waals surface area contributed by atoms with Gasteiger partial charge in [0.2, 0.25) is 0 Å². The molecule has 15 heavy (non-hydrogen) atoms. The molecule has 1 aromatic heterocycles. The molecule has 0 spiro atoms. The minimum atomic E-state index is 0.337. The van der Waals surface area contributed by atoms with Gasteiger partial charge in [-0.1, -0.05) is 13.0 Å². The highest BCUT2D eigenvalue weighted by Gasteiger charge is 2.06. The number of anilines is 1. The number of oxazole rings is 1. The highest BCUT2D eigenvalue weighted by Crippen LogP contribution is 2.20. The Morgan fingerprint density at radius 2 is 2.20 bits per heavy atom. The highest BCUT2D eigenvalue weighted by molar-refractivity contribution is 5.75. The molecule has 0 amide bonds. The van der Waals surface area contributed by atoms with Crippen molar-refractivity contribution in [2.45, 2.75) is 33.2 Å². The maximum absolute atomic E-state index is 5.56. The topological polar surface area (TPSA) is 38.1 Å². The number of fused-ring (bicyclic) bond motifs is 1. The summed E-state index contributed by atoms with van der Waals surface area (Å²) >= 11 is 0. The van der Waals surface area contributed by atoms with E-state index in [-0.39, 0.29) is 0 Å². The lowest BCUT2D eigenvalue weighted by Crippen LogP contribution is -2.09. The Morgan fingerprint density at radius 3 is 2.87 bits per heavy atom. The summed E-state index contributed by atoms with van der Waals surface area (Å²) in [6, 6.07) is 7.07. The third-order valence-corrected chi connectivity index (χ3v) is 2.27. The van der Waals surface area contributed by atoms with E-state index in [1.54, 1.807) is 0 Å². The fraction of sp³-hybridized carbons (Fsp3) is 0.417. The van der Waals surface area contributed by atoms with Gasteiger partial charge in [-0.05, 0) is 38.0 Å². The maximum atomic E-state index is 5.56. The number of rotatable bonds is 3. The van der Waals surface area contributed by atoms with Crippen molar-refractivity contribution >= 4 is 17.1 Å². The molecule has 1 N–H and O–H groups in total. The first-order valence-corrected chi connectivity index (χ1v) is 5.35. The molecule has 0 fully saturated rings. The van der Waals surface area contributed by atoms with Crippen molar-refractivity contribution in [1.29, 1.82) is 0 Å². The van der Waals surface area contributed by atoms with Gasteiger partial charge in [0.15, 0.2) is 5.58 Å². The summed E-state index contributed by atoms with van der Waals surface area (Å²) in [6.07, 6.45) is 1.02. The van der Waals surface area contributed by atoms with Crippen LogP contribution in [0.4, 0.5) is 6.01 Å². The minimum Gasteiger partial charge on any atom is -0.424 e. The van der Waals surface area contributed by atoms with Crippen LogP contribution in [-0.2, 0) is 6.42 Å². The molecule has 0 aliphatic rings. The van der Waals surface area contributed by atoms with Crippen LogP contribution in [0.2, 0.25) is 0 Å². The van der Waals surface area contributed by atoms with Gasteiger partial charge in [-0.3, -0.25) is 0 Å². The lowest BCUT2D eigenvalue weighted by Gasteiger charge is -2.02. The third kappa shape index (κ3) is 2.12. The number of nitrogens with one attached hydrogen (secondary N) is 1. The minimum absolute atomic E-state index is 0.337. The van der Waals surface area contributed by atoms with Crippen molar-refractivity contribution in [3.8, 4) is 0 Å². The van der Waals surface area contributed by atoms with Crippen molar-refractivity contribution in [3.05, 3.63) is 23.8 Å². The van der Waals surface area contributed by atoms with Crippen molar-refractivity contribution in [2.75, 3.05) is 5.32 Å². The van der Waals surface area contributed by atoms with Crippen molar-refractivity contribution < 1.29 is 4.42 Å². The lowest BCUT2D eigenvalue weighted by atomic mass is 10.1. The van der Waals surface area contributed by atoms with Crippen LogP contribution >= 0.6 is 0 Å². The zero-order valence-corrected chi connectivity index (χ0v) is 9.37. The second kappa shape index (κ2) is 3.93. The van der Waals surface area contributed by atoms with Gasteiger partial charge in [-0.25, -0.2) is 0 Å². The van der Waals surface area contributed by atoms with E-state index < -0.39 is 0 Å². The average molecular weight is 204 g/mol. The molecule has 1 heterocycles. The SMILES string of the molecule is CCc1ccc2oc(NC(C)C)nc2c1. The molecule has 2 aromatic rings. The van der Waals surface area contributed by atoms with E-state index in [2.05, 4.69) is 43.2 Å². The first-order valence-electron chi connectivity index (χ1n) is 5.35. The van der Waals surface area contributed by atoms with Crippen LogP contribution < -0.4 is 5.32 Å². The van der Waals surface area contributed by atoms with Crippen LogP contribution in [0, 0.1) is 0 Å². The Morgan fingerprint density at radius 1 is 1.40 bits per heavy atom. The molecule has 0 aliphatic heterocycles. The van der Waals surface area contributed by atoms with Gasteiger partial charge >= 0.3 is 0 Å². The largest absolute Gasteiger partial charge is 0.424 e. The molecule has 0 saturated heterocycles. The summed E-state index contributed by atoms with van der Waals surface area (Å²) < 4.78 is 5.56. The van der Waals surface area contributed by atoms with E-state index in [4.69, 9.17) is 4.42 Å². The molecule has 1 aromatic carbocycles. The first kappa shape index (κ1) is 10.0. The quantitative estimate of drug-likeness (QED) is 0.834. The summed E-state index contributed by atoms with van der Waals surface area (Å²) in [5.41, 5.74) is 3.06. The lowest BCUT2D eigenvalue weighted by molar-refractivity contribution is 0.606. The van der Waals surface area contributed by atoms with Gasteiger partial charge in [-0.2, -0.15) is 4.98 Å². The summed E-state index contributed by atoms with van der Waals surface area (Å²) in [5.74, 6) is 0. The van der Waals surface area contributed by atoms with Gasteiger partial charge in [0, 0.05) is 6.04 Å².